The second-order valence-electron chi connectivity index (χ2n) is 3.44. The van der Waals surface area contributed by atoms with E-state index in [0.29, 0.717) is 19.4 Å². The van der Waals surface area contributed by atoms with E-state index in [0.717, 1.165) is 17.9 Å². The normalized spacial score (nSPS) is 10.1. The van der Waals surface area contributed by atoms with Crippen molar-refractivity contribution in [2.75, 3.05) is 25.6 Å². The van der Waals surface area contributed by atoms with E-state index in [9.17, 15) is 4.79 Å². The molecule has 3 N–H and O–H groups in total. The van der Waals surface area contributed by atoms with E-state index in [1.165, 1.54) is 0 Å². The average Bonchev–Trinajstić information content (AvgIpc) is 2.28. The second-order valence-corrected chi connectivity index (χ2v) is 3.44. The summed E-state index contributed by atoms with van der Waals surface area (Å²) >= 11 is 0. The number of rotatable bonds is 7. The summed E-state index contributed by atoms with van der Waals surface area (Å²) in [7, 11) is 1.65. The zero-order valence-electron chi connectivity index (χ0n) is 9.40. The van der Waals surface area contributed by atoms with Gasteiger partial charge in [0, 0.05) is 26.3 Å². The van der Waals surface area contributed by atoms with Gasteiger partial charge in [0.1, 0.15) is 5.82 Å². The molecule has 0 radical (unpaired) electrons. The van der Waals surface area contributed by atoms with Crippen LogP contribution in [-0.2, 0) is 16.0 Å². The molecule has 1 aromatic heterocycles. The Bertz CT molecular complexity index is 325. The Morgan fingerprint density at radius 3 is 2.94 bits per heavy atom. The smallest absolute Gasteiger partial charge is 0.217 e. The standard InChI is InChI=1S/C11H17N3O2/c1-16-7-6-13-11-5-3-9(8-14-11)2-4-10(12)15/h3,5,8H,2,4,6-7H2,1H3,(H2,12,15)(H,13,14). The Morgan fingerprint density at radius 2 is 2.38 bits per heavy atom. The zero-order valence-corrected chi connectivity index (χ0v) is 9.40. The monoisotopic (exact) mass is 223 g/mol. The lowest BCUT2D eigenvalue weighted by Crippen LogP contribution is -2.11. The van der Waals surface area contributed by atoms with Crippen molar-refractivity contribution in [2.24, 2.45) is 5.73 Å². The van der Waals surface area contributed by atoms with Crippen molar-refractivity contribution in [1.29, 1.82) is 0 Å². The molecule has 5 nitrogen and oxygen atoms in total. The predicted molar refractivity (Wildman–Crippen MR) is 62.1 cm³/mol. The third-order valence-electron chi connectivity index (χ3n) is 2.10. The first-order valence-electron chi connectivity index (χ1n) is 5.18. The van der Waals surface area contributed by atoms with Gasteiger partial charge in [-0.1, -0.05) is 6.07 Å². The summed E-state index contributed by atoms with van der Waals surface area (Å²) in [5, 5.41) is 3.11. The molecule has 5 heteroatoms. The minimum absolute atomic E-state index is 0.290. The number of nitrogens with two attached hydrogens (primary N) is 1. The number of aromatic nitrogens is 1. The van der Waals surface area contributed by atoms with Crippen molar-refractivity contribution < 1.29 is 9.53 Å². The average molecular weight is 223 g/mol. The van der Waals surface area contributed by atoms with Gasteiger partial charge in [0.05, 0.1) is 6.61 Å². The van der Waals surface area contributed by atoms with Gasteiger partial charge in [-0.15, -0.1) is 0 Å². The van der Waals surface area contributed by atoms with Crippen LogP contribution in [0.4, 0.5) is 5.82 Å². The van der Waals surface area contributed by atoms with E-state index < -0.39 is 0 Å². The molecule has 0 fully saturated rings. The van der Waals surface area contributed by atoms with Crippen LogP contribution in [0.3, 0.4) is 0 Å². The molecule has 0 aliphatic heterocycles. The Kier molecular flexibility index (Phi) is 5.28. The highest BCUT2D eigenvalue weighted by atomic mass is 16.5. The summed E-state index contributed by atoms with van der Waals surface area (Å²) in [5.41, 5.74) is 6.08. The lowest BCUT2D eigenvalue weighted by atomic mass is 10.1. The number of aryl methyl sites for hydroxylation is 1. The molecule has 1 rings (SSSR count). The van der Waals surface area contributed by atoms with Crippen LogP contribution >= 0.6 is 0 Å². The van der Waals surface area contributed by atoms with Crippen LogP contribution in [-0.4, -0.2) is 31.2 Å². The van der Waals surface area contributed by atoms with E-state index in [4.69, 9.17) is 10.5 Å². The second kappa shape index (κ2) is 6.79. The lowest BCUT2D eigenvalue weighted by molar-refractivity contribution is -0.117. The molecule has 0 unspecified atom stereocenters. The van der Waals surface area contributed by atoms with E-state index >= 15 is 0 Å². The highest BCUT2D eigenvalue weighted by molar-refractivity contribution is 5.73. The summed E-state index contributed by atoms with van der Waals surface area (Å²) in [6, 6.07) is 3.82. The minimum atomic E-state index is -0.290. The molecule has 0 aliphatic rings. The number of pyridine rings is 1. The fourth-order valence-corrected chi connectivity index (χ4v) is 1.23. The number of primary amides is 1. The van der Waals surface area contributed by atoms with E-state index in [-0.39, 0.29) is 5.91 Å². The van der Waals surface area contributed by atoms with Gasteiger partial charge < -0.3 is 15.8 Å². The molecule has 0 atom stereocenters. The quantitative estimate of drug-likeness (QED) is 0.662. The largest absolute Gasteiger partial charge is 0.383 e. The Hall–Kier alpha value is -1.62. The molecule has 0 spiro atoms. The van der Waals surface area contributed by atoms with Crippen molar-refractivity contribution in [3.05, 3.63) is 23.9 Å². The fourth-order valence-electron chi connectivity index (χ4n) is 1.23. The predicted octanol–water partition coefficient (Wildman–Crippen LogP) is 0.558. The molecule has 0 bridgehead atoms. The number of hydrogen-bond donors (Lipinski definition) is 2. The molecular formula is C11H17N3O2. The van der Waals surface area contributed by atoms with Crippen LogP contribution in [0.1, 0.15) is 12.0 Å². The molecule has 0 aliphatic carbocycles. The molecule has 1 aromatic rings. The highest BCUT2D eigenvalue weighted by Gasteiger charge is 1.98. The van der Waals surface area contributed by atoms with Gasteiger partial charge in [0.25, 0.3) is 0 Å². The Labute approximate surface area is 95.0 Å². The number of ether oxygens (including phenoxy) is 1. The van der Waals surface area contributed by atoms with E-state index in [2.05, 4.69) is 10.3 Å². The van der Waals surface area contributed by atoms with Crippen molar-refractivity contribution in [3.8, 4) is 0 Å². The van der Waals surface area contributed by atoms with Gasteiger partial charge in [-0.05, 0) is 18.1 Å². The first-order chi connectivity index (χ1) is 7.72. The van der Waals surface area contributed by atoms with Gasteiger partial charge in [0.15, 0.2) is 0 Å². The van der Waals surface area contributed by atoms with E-state index in [1.54, 1.807) is 13.3 Å². The molecule has 1 amide bonds. The minimum Gasteiger partial charge on any atom is -0.383 e. The van der Waals surface area contributed by atoms with Gasteiger partial charge in [-0.3, -0.25) is 4.79 Å². The lowest BCUT2D eigenvalue weighted by Gasteiger charge is -2.05. The molecule has 0 aromatic carbocycles. The fraction of sp³-hybridized carbons (Fsp3) is 0.455. The summed E-state index contributed by atoms with van der Waals surface area (Å²) in [5.74, 6) is 0.516. The third-order valence-corrected chi connectivity index (χ3v) is 2.10. The maximum absolute atomic E-state index is 10.6. The number of carbonyl (C=O) groups excluding carboxylic acids is 1. The van der Waals surface area contributed by atoms with Crippen molar-refractivity contribution in [2.45, 2.75) is 12.8 Å². The number of nitrogens with zero attached hydrogens (tertiary/aromatic N) is 1. The number of hydrogen-bond acceptors (Lipinski definition) is 4. The van der Waals surface area contributed by atoms with Crippen molar-refractivity contribution >= 4 is 11.7 Å². The first kappa shape index (κ1) is 12.4. The van der Waals surface area contributed by atoms with Gasteiger partial charge in [-0.2, -0.15) is 0 Å². The number of methoxy groups -OCH3 is 1. The molecule has 16 heavy (non-hydrogen) atoms. The zero-order chi connectivity index (χ0) is 11.8. The van der Waals surface area contributed by atoms with Crippen LogP contribution in [0.15, 0.2) is 18.3 Å². The maximum Gasteiger partial charge on any atom is 0.217 e. The van der Waals surface area contributed by atoms with Crippen LogP contribution < -0.4 is 11.1 Å². The van der Waals surface area contributed by atoms with Crippen LogP contribution in [0.5, 0.6) is 0 Å². The Balaban J connectivity index is 2.38. The van der Waals surface area contributed by atoms with Gasteiger partial charge in [0.2, 0.25) is 5.91 Å². The number of nitrogens with one attached hydrogen (secondary N) is 1. The van der Waals surface area contributed by atoms with Gasteiger partial charge >= 0.3 is 0 Å². The first-order valence-corrected chi connectivity index (χ1v) is 5.18. The summed E-state index contributed by atoms with van der Waals surface area (Å²) in [4.78, 5) is 14.8. The summed E-state index contributed by atoms with van der Waals surface area (Å²) in [6.07, 6.45) is 2.75. The maximum atomic E-state index is 10.6. The van der Waals surface area contributed by atoms with Crippen molar-refractivity contribution in [1.82, 2.24) is 4.98 Å². The molecule has 88 valence electrons. The van der Waals surface area contributed by atoms with Crippen LogP contribution in [0.25, 0.3) is 0 Å². The SMILES string of the molecule is COCCNc1ccc(CCC(N)=O)cn1. The number of anilines is 1. The number of carbonyl (C=O) groups is 1. The molecular weight excluding hydrogens is 206 g/mol. The van der Waals surface area contributed by atoms with Crippen LogP contribution in [0, 0.1) is 0 Å². The Morgan fingerprint density at radius 1 is 1.56 bits per heavy atom. The third kappa shape index (κ3) is 4.75. The summed E-state index contributed by atoms with van der Waals surface area (Å²) < 4.78 is 4.91. The molecule has 0 saturated carbocycles. The highest BCUT2D eigenvalue weighted by Crippen LogP contribution is 2.06. The number of amides is 1. The molecule has 1 heterocycles. The van der Waals surface area contributed by atoms with Crippen LogP contribution in [0.2, 0.25) is 0 Å². The van der Waals surface area contributed by atoms with E-state index in [1.807, 2.05) is 12.1 Å². The topological polar surface area (TPSA) is 77.2 Å². The summed E-state index contributed by atoms with van der Waals surface area (Å²) in [6.45, 7) is 1.37. The van der Waals surface area contributed by atoms with Gasteiger partial charge in [-0.25, -0.2) is 4.98 Å². The molecule has 0 saturated heterocycles. The van der Waals surface area contributed by atoms with Crippen molar-refractivity contribution in [3.63, 3.8) is 0 Å².